The first-order valence-electron chi connectivity index (χ1n) is 5.22. The summed E-state index contributed by atoms with van der Waals surface area (Å²) in [6.07, 6.45) is 0. The molecule has 0 amide bonds. The second-order valence-electron chi connectivity index (χ2n) is 3.79. The second kappa shape index (κ2) is 5.70. The first-order valence-corrected chi connectivity index (χ1v) is 6.77. The largest absolute Gasteiger partial charge is 0.399 e. The molecule has 0 bridgehead atoms. The predicted molar refractivity (Wildman–Crippen MR) is 83.0 cm³/mol. The van der Waals surface area contributed by atoms with Crippen LogP contribution in [0.15, 0.2) is 34.8 Å². The molecule has 0 aliphatic heterocycles. The van der Waals surface area contributed by atoms with Gasteiger partial charge < -0.3 is 11.1 Å². The Morgan fingerprint density at radius 3 is 2.37 bits per heavy atom. The maximum Gasteiger partial charge on any atom is 0.101 e. The Balaban J connectivity index is 2.45. The maximum atomic E-state index is 9.11. The summed E-state index contributed by atoms with van der Waals surface area (Å²) in [6.45, 7) is 0. The van der Waals surface area contributed by atoms with Crippen LogP contribution in [0.2, 0.25) is 10.0 Å². The van der Waals surface area contributed by atoms with E-state index in [-0.39, 0.29) is 0 Å². The molecule has 3 N–H and O–H groups in total. The number of anilines is 3. The van der Waals surface area contributed by atoms with E-state index in [0.29, 0.717) is 32.7 Å². The topological polar surface area (TPSA) is 61.8 Å². The zero-order valence-electron chi connectivity index (χ0n) is 9.55. The zero-order chi connectivity index (χ0) is 14.0. The lowest BCUT2D eigenvalue weighted by Crippen LogP contribution is -1.96. The van der Waals surface area contributed by atoms with Crippen LogP contribution in [-0.2, 0) is 0 Å². The third-order valence-electron chi connectivity index (χ3n) is 2.43. The summed E-state index contributed by atoms with van der Waals surface area (Å²) in [6, 6.07) is 10.6. The lowest BCUT2D eigenvalue weighted by atomic mass is 10.2. The number of halogens is 3. The molecule has 0 spiro atoms. The Hall–Kier alpha value is -1.41. The Morgan fingerprint density at radius 1 is 1.16 bits per heavy atom. The van der Waals surface area contributed by atoms with Crippen molar-refractivity contribution in [2.24, 2.45) is 0 Å². The van der Waals surface area contributed by atoms with E-state index in [9.17, 15) is 0 Å². The van der Waals surface area contributed by atoms with Gasteiger partial charge >= 0.3 is 0 Å². The van der Waals surface area contributed by atoms with Crippen LogP contribution in [0.3, 0.4) is 0 Å². The van der Waals surface area contributed by atoms with Crippen molar-refractivity contribution in [2.45, 2.75) is 0 Å². The fourth-order valence-corrected chi connectivity index (χ4v) is 2.52. The summed E-state index contributed by atoms with van der Waals surface area (Å²) in [5.41, 5.74) is 7.76. The number of benzene rings is 2. The molecule has 6 heteroatoms. The molecule has 0 aliphatic rings. The summed E-state index contributed by atoms with van der Waals surface area (Å²) >= 11 is 15.5. The molecule has 0 heterocycles. The molecular weight excluding hydrogens is 349 g/mol. The van der Waals surface area contributed by atoms with Crippen LogP contribution in [0, 0.1) is 11.3 Å². The van der Waals surface area contributed by atoms with Gasteiger partial charge in [-0.25, -0.2) is 0 Å². The van der Waals surface area contributed by atoms with Crippen LogP contribution in [0.25, 0.3) is 0 Å². The van der Waals surface area contributed by atoms with E-state index >= 15 is 0 Å². The lowest BCUT2D eigenvalue weighted by molar-refractivity contribution is 1.45. The first-order chi connectivity index (χ1) is 9.01. The standard InChI is InChI=1S/C13H8BrCl2N3/c14-8-1-2-12(7(3-8)6-17)19-13-10(15)4-9(18)5-11(13)16/h1-5,19H,18H2. The minimum atomic E-state index is 0.400. The summed E-state index contributed by atoms with van der Waals surface area (Å²) in [4.78, 5) is 0. The van der Waals surface area contributed by atoms with Crippen LogP contribution >= 0.6 is 39.1 Å². The van der Waals surface area contributed by atoms with Gasteiger partial charge in [-0.15, -0.1) is 0 Å². The van der Waals surface area contributed by atoms with Crippen molar-refractivity contribution in [1.82, 2.24) is 0 Å². The number of nitrogens with one attached hydrogen (secondary N) is 1. The van der Waals surface area contributed by atoms with Gasteiger partial charge in [0.2, 0.25) is 0 Å². The predicted octanol–water partition coefficient (Wildman–Crippen LogP) is 4.95. The fraction of sp³-hybridized carbons (Fsp3) is 0. The number of nitrogens with zero attached hydrogens (tertiary/aromatic N) is 1. The highest BCUT2D eigenvalue weighted by atomic mass is 79.9. The molecule has 2 aromatic carbocycles. The molecule has 96 valence electrons. The van der Waals surface area contributed by atoms with Gasteiger partial charge in [-0.05, 0) is 30.3 Å². The molecule has 0 saturated carbocycles. The molecule has 0 aromatic heterocycles. The van der Waals surface area contributed by atoms with Crippen LogP contribution < -0.4 is 11.1 Å². The minimum absolute atomic E-state index is 0.400. The molecule has 19 heavy (non-hydrogen) atoms. The summed E-state index contributed by atoms with van der Waals surface area (Å²) < 4.78 is 0.823. The Morgan fingerprint density at radius 2 is 1.79 bits per heavy atom. The number of nitrogens with two attached hydrogens (primary N) is 1. The number of nitrogen functional groups attached to an aromatic ring is 1. The van der Waals surface area contributed by atoms with Gasteiger partial charge in [-0.1, -0.05) is 39.1 Å². The number of hydrogen-bond donors (Lipinski definition) is 2. The van der Waals surface area contributed by atoms with Crippen molar-refractivity contribution < 1.29 is 0 Å². The Kier molecular flexibility index (Phi) is 4.20. The maximum absolute atomic E-state index is 9.11. The summed E-state index contributed by atoms with van der Waals surface area (Å²) in [5.74, 6) is 0. The molecule has 0 unspecified atom stereocenters. The van der Waals surface area contributed by atoms with Crippen LogP contribution in [0.5, 0.6) is 0 Å². The molecule has 2 rings (SSSR count). The van der Waals surface area contributed by atoms with Gasteiger partial charge in [0.05, 0.1) is 27.0 Å². The minimum Gasteiger partial charge on any atom is -0.399 e. The van der Waals surface area contributed by atoms with E-state index in [0.717, 1.165) is 4.47 Å². The van der Waals surface area contributed by atoms with E-state index in [2.05, 4.69) is 27.3 Å². The van der Waals surface area contributed by atoms with Crippen LogP contribution in [0.1, 0.15) is 5.56 Å². The molecule has 0 atom stereocenters. The smallest absolute Gasteiger partial charge is 0.101 e. The second-order valence-corrected chi connectivity index (χ2v) is 5.52. The third kappa shape index (κ3) is 3.13. The van der Waals surface area contributed by atoms with Gasteiger partial charge in [-0.2, -0.15) is 5.26 Å². The summed E-state index contributed by atoms with van der Waals surface area (Å²) in [5, 5.41) is 13.0. The molecule has 2 aromatic rings. The molecular formula is C13H8BrCl2N3. The quantitative estimate of drug-likeness (QED) is 0.748. The number of rotatable bonds is 2. The normalized spacial score (nSPS) is 10.0. The molecule has 3 nitrogen and oxygen atoms in total. The third-order valence-corrected chi connectivity index (χ3v) is 3.52. The zero-order valence-corrected chi connectivity index (χ0v) is 12.6. The molecule has 0 fully saturated rings. The summed E-state index contributed by atoms with van der Waals surface area (Å²) in [7, 11) is 0. The molecule has 0 saturated heterocycles. The van der Waals surface area contributed by atoms with Crippen LogP contribution in [0.4, 0.5) is 17.1 Å². The van der Waals surface area contributed by atoms with Crippen molar-refractivity contribution in [2.75, 3.05) is 11.1 Å². The van der Waals surface area contributed by atoms with Crippen molar-refractivity contribution >= 4 is 56.2 Å². The molecule has 0 radical (unpaired) electrons. The van der Waals surface area contributed by atoms with E-state index in [1.165, 1.54) is 0 Å². The highest BCUT2D eigenvalue weighted by Gasteiger charge is 2.10. The van der Waals surface area contributed by atoms with E-state index in [4.69, 9.17) is 34.2 Å². The van der Waals surface area contributed by atoms with Gasteiger partial charge in [0.1, 0.15) is 6.07 Å². The van der Waals surface area contributed by atoms with Crippen molar-refractivity contribution in [3.8, 4) is 6.07 Å². The van der Waals surface area contributed by atoms with Crippen LogP contribution in [-0.4, -0.2) is 0 Å². The number of nitriles is 1. The Bertz CT molecular complexity index is 657. The monoisotopic (exact) mass is 355 g/mol. The van der Waals surface area contributed by atoms with E-state index < -0.39 is 0 Å². The van der Waals surface area contributed by atoms with Gasteiger partial charge in [0, 0.05) is 10.2 Å². The average molecular weight is 357 g/mol. The number of hydrogen-bond acceptors (Lipinski definition) is 3. The van der Waals surface area contributed by atoms with Gasteiger partial charge in [0.25, 0.3) is 0 Å². The average Bonchev–Trinajstić information content (AvgIpc) is 2.35. The van der Waals surface area contributed by atoms with Gasteiger partial charge in [-0.3, -0.25) is 0 Å². The first kappa shape index (κ1) is 14.0. The molecule has 0 aliphatic carbocycles. The highest BCUT2D eigenvalue weighted by molar-refractivity contribution is 9.10. The van der Waals surface area contributed by atoms with Crippen molar-refractivity contribution in [3.05, 3.63) is 50.4 Å². The Labute approximate surface area is 129 Å². The SMILES string of the molecule is N#Cc1cc(Br)ccc1Nc1c(Cl)cc(N)cc1Cl. The van der Waals surface area contributed by atoms with Gasteiger partial charge in [0.15, 0.2) is 0 Å². The van der Waals surface area contributed by atoms with E-state index in [1.807, 2.05) is 6.07 Å². The van der Waals surface area contributed by atoms with E-state index in [1.54, 1.807) is 24.3 Å². The van der Waals surface area contributed by atoms with Crippen molar-refractivity contribution in [3.63, 3.8) is 0 Å². The van der Waals surface area contributed by atoms with Crippen molar-refractivity contribution in [1.29, 1.82) is 5.26 Å². The lowest BCUT2D eigenvalue weighted by Gasteiger charge is -2.12. The highest BCUT2D eigenvalue weighted by Crippen LogP contribution is 2.36. The fourth-order valence-electron chi connectivity index (χ4n) is 1.56.